The smallest absolute Gasteiger partial charge is 0.416 e. The predicted molar refractivity (Wildman–Crippen MR) is 148 cm³/mol. The molecule has 5 rings (SSSR count). The summed E-state index contributed by atoms with van der Waals surface area (Å²) in [4.78, 5) is 48.5. The molecule has 44 heavy (non-hydrogen) atoms. The fraction of sp³-hybridized carbons (Fsp3) is 0.346. The van der Waals surface area contributed by atoms with E-state index in [1.54, 1.807) is 11.8 Å². The van der Waals surface area contributed by atoms with Gasteiger partial charge in [-0.05, 0) is 37.3 Å². The number of hydrogen-bond donors (Lipinski definition) is 2. The third kappa shape index (κ3) is 6.42. The van der Waals surface area contributed by atoms with Crippen molar-refractivity contribution in [3.8, 4) is 17.1 Å². The molecular formula is C26H25ClF3N9O5. The summed E-state index contributed by atoms with van der Waals surface area (Å²) >= 11 is 5.95. The minimum Gasteiger partial charge on any atom is -0.462 e. The number of piperazine rings is 1. The maximum Gasteiger partial charge on any atom is 0.416 e. The Morgan fingerprint density at radius 1 is 1.18 bits per heavy atom. The lowest BCUT2D eigenvalue weighted by Gasteiger charge is -2.27. The summed E-state index contributed by atoms with van der Waals surface area (Å²) in [5, 5.41) is 21.5. The van der Waals surface area contributed by atoms with Crippen LogP contribution in [0.4, 0.5) is 19.1 Å². The summed E-state index contributed by atoms with van der Waals surface area (Å²) in [7, 11) is 0. The SMILES string of the molecule is CCOC(=O)c1ccncc1-n1nc(Cn2nc(-c3ccc(Cl)cc3)n(C[C@H](O)C(F)(F)F)c2=O)nc1N1CCNC(=O)C1. The first-order valence-corrected chi connectivity index (χ1v) is 13.6. The van der Waals surface area contributed by atoms with Crippen LogP contribution in [0.3, 0.4) is 0 Å². The standard InChI is InChI=1S/C26H25ClF3N9O5/c1-2-44-23(42)17-7-8-31-11-18(17)39-24(36-10-9-32-21(41)14-36)33-20(34-39)13-38-25(43)37(12-19(40)26(28,29)30)22(35-38)15-3-5-16(27)6-4-15/h3-8,11,19,40H,2,9-10,12-14H2,1H3,(H,32,41)/t19-/m0/s1. The summed E-state index contributed by atoms with van der Waals surface area (Å²) in [5.74, 6) is -0.967. The quantitative estimate of drug-likeness (QED) is 0.257. The topological polar surface area (TPSA) is 162 Å². The Morgan fingerprint density at radius 2 is 1.93 bits per heavy atom. The van der Waals surface area contributed by atoms with Crippen LogP contribution in [-0.4, -0.2) is 89.6 Å². The molecule has 0 bridgehead atoms. The number of hydrogen-bond acceptors (Lipinski definition) is 10. The first-order chi connectivity index (χ1) is 21.0. The van der Waals surface area contributed by atoms with Gasteiger partial charge in [-0.3, -0.25) is 14.3 Å². The van der Waals surface area contributed by atoms with Gasteiger partial charge < -0.3 is 20.1 Å². The van der Waals surface area contributed by atoms with E-state index >= 15 is 0 Å². The molecular weight excluding hydrogens is 611 g/mol. The predicted octanol–water partition coefficient (Wildman–Crippen LogP) is 1.43. The highest BCUT2D eigenvalue weighted by Crippen LogP contribution is 2.25. The molecule has 3 aromatic heterocycles. The van der Waals surface area contributed by atoms with Crippen molar-refractivity contribution in [1.82, 2.24) is 39.4 Å². The maximum atomic E-state index is 13.4. The first kappa shape index (κ1) is 30.7. The van der Waals surface area contributed by atoms with Crippen LogP contribution in [0.5, 0.6) is 0 Å². The molecule has 1 amide bonds. The molecule has 4 aromatic rings. The summed E-state index contributed by atoms with van der Waals surface area (Å²) in [6.07, 6.45) is -5.09. The zero-order valence-corrected chi connectivity index (χ0v) is 23.8. The van der Waals surface area contributed by atoms with Crippen molar-refractivity contribution in [2.75, 3.05) is 31.1 Å². The first-order valence-electron chi connectivity index (χ1n) is 13.2. The number of nitrogens with one attached hydrogen (secondary N) is 1. The number of aliphatic hydroxyl groups is 1. The monoisotopic (exact) mass is 635 g/mol. The average Bonchev–Trinajstić information content (AvgIpc) is 3.54. The van der Waals surface area contributed by atoms with Gasteiger partial charge in [-0.1, -0.05) is 11.6 Å². The van der Waals surface area contributed by atoms with Gasteiger partial charge in [0.25, 0.3) is 0 Å². The Bertz CT molecular complexity index is 1740. The van der Waals surface area contributed by atoms with Crippen molar-refractivity contribution in [2.45, 2.75) is 32.3 Å². The van der Waals surface area contributed by atoms with Crippen molar-refractivity contribution in [2.24, 2.45) is 0 Å². The largest absolute Gasteiger partial charge is 0.462 e. The number of amides is 1. The highest BCUT2D eigenvalue weighted by molar-refractivity contribution is 6.30. The third-order valence-corrected chi connectivity index (χ3v) is 6.78. The molecule has 0 unspecified atom stereocenters. The van der Waals surface area contributed by atoms with E-state index in [4.69, 9.17) is 16.3 Å². The molecule has 14 nitrogen and oxygen atoms in total. The number of anilines is 1. The molecule has 0 radical (unpaired) electrons. The Hall–Kier alpha value is -4.77. The molecule has 0 saturated carbocycles. The number of carbonyl (C=O) groups excluding carboxylic acids is 2. The normalized spacial score (nSPS) is 14.4. The number of pyridine rings is 1. The fourth-order valence-electron chi connectivity index (χ4n) is 4.46. The molecule has 0 spiro atoms. The van der Waals surface area contributed by atoms with Gasteiger partial charge in [0, 0.05) is 29.9 Å². The van der Waals surface area contributed by atoms with Crippen molar-refractivity contribution in [3.63, 3.8) is 0 Å². The minimum atomic E-state index is -4.99. The molecule has 2 N–H and O–H groups in total. The number of benzene rings is 1. The van der Waals surface area contributed by atoms with Crippen LogP contribution in [0.15, 0.2) is 47.5 Å². The number of carbonyl (C=O) groups is 2. The van der Waals surface area contributed by atoms with E-state index in [1.807, 2.05) is 0 Å². The molecule has 1 aliphatic rings. The van der Waals surface area contributed by atoms with Gasteiger partial charge in [-0.2, -0.15) is 22.8 Å². The van der Waals surface area contributed by atoms with Crippen LogP contribution >= 0.6 is 11.6 Å². The molecule has 4 heterocycles. The van der Waals surface area contributed by atoms with Crippen molar-refractivity contribution in [1.29, 1.82) is 0 Å². The lowest BCUT2D eigenvalue weighted by Crippen LogP contribution is -2.48. The van der Waals surface area contributed by atoms with Crippen LogP contribution in [0, 0.1) is 0 Å². The second-order valence-corrected chi connectivity index (χ2v) is 10.00. The number of aromatic nitrogens is 7. The Kier molecular flexibility index (Phi) is 8.68. The van der Waals surface area contributed by atoms with Gasteiger partial charge in [0.05, 0.1) is 31.5 Å². The number of alkyl halides is 3. The Labute approximate surface area is 251 Å². The number of rotatable bonds is 9. The van der Waals surface area contributed by atoms with E-state index in [0.29, 0.717) is 22.7 Å². The van der Waals surface area contributed by atoms with Crippen LogP contribution in [0.2, 0.25) is 5.02 Å². The zero-order valence-electron chi connectivity index (χ0n) is 23.0. The number of esters is 1. The van der Waals surface area contributed by atoms with Crippen LogP contribution in [0.1, 0.15) is 23.1 Å². The molecule has 1 atom stereocenters. The summed E-state index contributed by atoms with van der Waals surface area (Å²) in [6, 6.07) is 7.32. The Morgan fingerprint density at radius 3 is 2.61 bits per heavy atom. The highest BCUT2D eigenvalue weighted by atomic mass is 35.5. The van der Waals surface area contributed by atoms with E-state index in [2.05, 4.69) is 25.5 Å². The maximum absolute atomic E-state index is 13.4. The highest BCUT2D eigenvalue weighted by Gasteiger charge is 2.39. The van der Waals surface area contributed by atoms with Gasteiger partial charge in [0.1, 0.15) is 12.2 Å². The minimum absolute atomic E-state index is 0.0181. The summed E-state index contributed by atoms with van der Waals surface area (Å²) in [6.45, 7) is 0.772. The fourth-order valence-corrected chi connectivity index (χ4v) is 4.58. The summed E-state index contributed by atoms with van der Waals surface area (Å²) in [5.41, 5.74) is -0.415. The molecule has 232 valence electrons. The van der Waals surface area contributed by atoms with E-state index in [0.717, 1.165) is 4.68 Å². The number of aliphatic hydroxyl groups excluding tert-OH is 1. The molecule has 1 saturated heterocycles. The van der Waals surface area contributed by atoms with E-state index in [9.17, 15) is 32.7 Å². The molecule has 1 aromatic carbocycles. The van der Waals surface area contributed by atoms with E-state index < -0.39 is 37.0 Å². The Balaban J connectivity index is 1.60. The van der Waals surface area contributed by atoms with Gasteiger partial charge in [-0.15, -0.1) is 10.2 Å². The zero-order chi connectivity index (χ0) is 31.6. The van der Waals surface area contributed by atoms with Crippen molar-refractivity contribution in [3.05, 3.63) is 69.6 Å². The molecule has 1 fully saturated rings. The van der Waals surface area contributed by atoms with Gasteiger partial charge >= 0.3 is 17.8 Å². The second-order valence-electron chi connectivity index (χ2n) is 9.56. The summed E-state index contributed by atoms with van der Waals surface area (Å²) < 4.78 is 47.8. The lowest BCUT2D eigenvalue weighted by molar-refractivity contribution is -0.207. The number of nitrogens with zero attached hydrogens (tertiary/aromatic N) is 8. The second kappa shape index (κ2) is 12.5. The van der Waals surface area contributed by atoms with Crippen molar-refractivity contribution >= 4 is 29.4 Å². The lowest BCUT2D eigenvalue weighted by atomic mass is 10.2. The van der Waals surface area contributed by atoms with Gasteiger partial charge in [0.15, 0.2) is 17.8 Å². The van der Waals surface area contributed by atoms with E-state index in [1.165, 1.54) is 47.4 Å². The van der Waals surface area contributed by atoms with E-state index in [-0.39, 0.29) is 53.5 Å². The van der Waals surface area contributed by atoms with Crippen LogP contribution in [-0.2, 0) is 22.6 Å². The number of halogens is 4. The van der Waals surface area contributed by atoms with Crippen LogP contribution in [0.25, 0.3) is 17.1 Å². The third-order valence-electron chi connectivity index (χ3n) is 6.53. The molecule has 0 aliphatic carbocycles. The molecule has 18 heteroatoms. The van der Waals surface area contributed by atoms with Gasteiger partial charge in [-0.25, -0.2) is 14.3 Å². The number of ether oxygens (including phenoxy) is 1. The van der Waals surface area contributed by atoms with Gasteiger partial charge in [0.2, 0.25) is 11.9 Å². The van der Waals surface area contributed by atoms with Crippen molar-refractivity contribution < 1.29 is 32.6 Å². The molecule has 1 aliphatic heterocycles. The van der Waals surface area contributed by atoms with Crippen LogP contribution < -0.4 is 15.9 Å². The average molecular weight is 636 g/mol.